The molecule has 0 aliphatic heterocycles. The van der Waals surface area contributed by atoms with Gasteiger partial charge in [0.1, 0.15) is 0 Å². The van der Waals surface area contributed by atoms with Crippen molar-refractivity contribution in [2.75, 3.05) is 6.61 Å². The number of rotatable bonds is 5. The molecule has 0 aliphatic rings. The van der Waals surface area contributed by atoms with E-state index in [2.05, 4.69) is 5.48 Å². The van der Waals surface area contributed by atoms with Gasteiger partial charge in [0.25, 0.3) is 0 Å². The fourth-order valence-electron chi connectivity index (χ4n) is 1.49. The third-order valence-corrected chi connectivity index (χ3v) is 2.46. The van der Waals surface area contributed by atoms with Crippen LogP contribution in [-0.2, 0) is 16.1 Å². The standard InChI is InChI=1S/C14H21NO2/c1-10(2)9-17-15-14(16)8-13-7-11(3)5-6-12(13)4/h5-7,10H,8-9H2,1-4H3,(H,15,16). The van der Waals surface area contributed by atoms with Crippen LogP contribution in [0.1, 0.15) is 30.5 Å². The first kappa shape index (κ1) is 13.7. The lowest BCUT2D eigenvalue weighted by Gasteiger charge is -2.09. The van der Waals surface area contributed by atoms with Gasteiger partial charge in [-0.25, -0.2) is 5.48 Å². The summed E-state index contributed by atoms with van der Waals surface area (Å²) in [5, 5.41) is 0. The molecule has 0 spiro atoms. The fraction of sp³-hybridized carbons (Fsp3) is 0.500. The average molecular weight is 235 g/mol. The van der Waals surface area contributed by atoms with Crippen LogP contribution in [0, 0.1) is 19.8 Å². The second-order valence-electron chi connectivity index (χ2n) is 4.84. The summed E-state index contributed by atoms with van der Waals surface area (Å²) in [4.78, 5) is 16.7. The minimum absolute atomic E-state index is 0.0978. The Morgan fingerprint density at radius 3 is 2.71 bits per heavy atom. The number of nitrogens with one attached hydrogen (secondary N) is 1. The molecule has 0 heterocycles. The van der Waals surface area contributed by atoms with Crippen LogP contribution in [0.3, 0.4) is 0 Å². The van der Waals surface area contributed by atoms with Crippen molar-refractivity contribution in [1.29, 1.82) is 0 Å². The number of hydrogen-bond acceptors (Lipinski definition) is 2. The highest BCUT2D eigenvalue weighted by molar-refractivity contribution is 5.77. The highest BCUT2D eigenvalue weighted by atomic mass is 16.6. The van der Waals surface area contributed by atoms with Gasteiger partial charge in [0, 0.05) is 0 Å². The smallest absolute Gasteiger partial charge is 0.247 e. The number of hydroxylamine groups is 1. The zero-order chi connectivity index (χ0) is 12.8. The topological polar surface area (TPSA) is 38.3 Å². The van der Waals surface area contributed by atoms with E-state index in [1.54, 1.807) is 0 Å². The van der Waals surface area contributed by atoms with Crippen LogP contribution in [0.2, 0.25) is 0 Å². The number of carbonyl (C=O) groups is 1. The second-order valence-corrected chi connectivity index (χ2v) is 4.84. The van der Waals surface area contributed by atoms with Gasteiger partial charge in [0.15, 0.2) is 0 Å². The van der Waals surface area contributed by atoms with Gasteiger partial charge in [-0.1, -0.05) is 37.6 Å². The molecule has 0 fully saturated rings. The summed E-state index contributed by atoms with van der Waals surface area (Å²) in [6, 6.07) is 6.12. The lowest BCUT2D eigenvalue weighted by Crippen LogP contribution is -2.27. The zero-order valence-corrected chi connectivity index (χ0v) is 11.0. The van der Waals surface area contributed by atoms with Gasteiger partial charge < -0.3 is 0 Å². The van der Waals surface area contributed by atoms with Crippen LogP contribution >= 0.6 is 0 Å². The molecule has 0 radical (unpaired) electrons. The Kier molecular flexibility index (Phi) is 5.16. The van der Waals surface area contributed by atoms with E-state index in [0.717, 1.165) is 11.1 Å². The van der Waals surface area contributed by atoms with Crippen molar-refractivity contribution in [1.82, 2.24) is 5.48 Å². The molecule has 0 bridgehead atoms. The molecule has 0 aromatic heterocycles. The van der Waals surface area contributed by atoms with Crippen molar-refractivity contribution in [3.63, 3.8) is 0 Å². The Morgan fingerprint density at radius 2 is 2.06 bits per heavy atom. The first-order valence-corrected chi connectivity index (χ1v) is 5.96. The number of amides is 1. The molecule has 1 N–H and O–H groups in total. The number of hydrogen-bond donors (Lipinski definition) is 1. The summed E-state index contributed by atoms with van der Waals surface area (Å²) < 4.78 is 0. The zero-order valence-electron chi connectivity index (χ0n) is 11.0. The lowest BCUT2D eigenvalue weighted by molar-refractivity contribution is -0.133. The van der Waals surface area contributed by atoms with Crippen molar-refractivity contribution < 1.29 is 9.63 Å². The normalized spacial score (nSPS) is 10.6. The van der Waals surface area contributed by atoms with E-state index in [-0.39, 0.29) is 5.91 Å². The largest absolute Gasteiger partial charge is 0.273 e. The fourth-order valence-corrected chi connectivity index (χ4v) is 1.49. The molecular weight excluding hydrogens is 214 g/mol. The van der Waals surface area contributed by atoms with Crippen molar-refractivity contribution in [2.45, 2.75) is 34.1 Å². The average Bonchev–Trinajstić information content (AvgIpc) is 2.23. The van der Waals surface area contributed by atoms with Crippen molar-refractivity contribution in [3.05, 3.63) is 34.9 Å². The van der Waals surface area contributed by atoms with Gasteiger partial charge >= 0.3 is 0 Å². The highest BCUT2D eigenvalue weighted by Gasteiger charge is 2.06. The molecule has 1 aromatic rings. The maximum Gasteiger partial charge on any atom is 0.247 e. The van der Waals surface area contributed by atoms with Crippen LogP contribution in [0.25, 0.3) is 0 Å². The second kappa shape index (κ2) is 6.40. The van der Waals surface area contributed by atoms with E-state index in [9.17, 15) is 4.79 Å². The summed E-state index contributed by atoms with van der Waals surface area (Å²) >= 11 is 0. The predicted molar refractivity (Wildman–Crippen MR) is 68.6 cm³/mol. The summed E-state index contributed by atoms with van der Waals surface area (Å²) in [7, 11) is 0. The maximum atomic E-state index is 11.6. The van der Waals surface area contributed by atoms with Crippen LogP contribution in [0.15, 0.2) is 18.2 Å². The number of aryl methyl sites for hydroxylation is 2. The third kappa shape index (κ3) is 5.00. The van der Waals surface area contributed by atoms with Crippen LogP contribution in [0.4, 0.5) is 0 Å². The van der Waals surface area contributed by atoms with Crippen LogP contribution in [0.5, 0.6) is 0 Å². The van der Waals surface area contributed by atoms with Crippen molar-refractivity contribution in [2.24, 2.45) is 5.92 Å². The molecule has 94 valence electrons. The number of benzene rings is 1. The Bertz CT molecular complexity index is 386. The molecule has 0 saturated carbocycles. The monoisotopic (exact) mass is 235 g/mol. The minimum Gasteiger partial charge on any atom is -0.273 e. The van der Waals surface area contributed by atoms with Gasteiger partial charge in [-0.3, -0.25) is 9.63 Å². The third-order valence-electron chi connectivity index (χ3n) is 2.46. The lowest BCUT2D eigenvalue weighted by atomic mass is 10.0. The van der Waals surface area contributed by atoms with Gasteiger partial charge in [-0.2, -0.15) is 0 Å². The minimum atomic E-state index is -0.0978. The van der Waals surface area contributed by atoms with E-state index < -0.39 is 0 Å². The van der Waals surface area contributed by atoms with E-state index in [1.165, 1.54) is 5.56 Å². The SMILES string of the molecule is Cc1ccc(C)c(CC(=O)NOCC(C)C)c1. The number of carbonyl (C=O) groups excluding carboxylic acids is 1. The summed E-state index contributed by atoms with van der Waals surface area (Å²) in [5.74, 6) is 0.315. The quantitative estimate of drug-likeness (QED) is 0.796. The summed E-state index contributed by atoms with van der Waals surface area (Å²) in [6.45, 7) is 8.65. The van der Waals surface area contributed by atoms with Crippen molar-refractivity contribution >= 4 is 5.91 Å². The van der Waals surface area contributed by atoms with E-state index in [0.29, 0.717) is 18.9 Å². The van der Waals surface area contributed by atoms with Crippen LogP contribution < -0.4 is 5.48 Å². The summed E-state index contributed by atoms with van der Waals surface area (Å²) in [6.07, 6.45) is 0.367. The van der Waals surface area contributed by atoms with Gasteiger partial charge in [-0.05, 0) is 30.9 Å². The Balaban J connectivity index is 2.47. The van der Waals surface area contributed by atoms with E-state index >= 15 is 0 Å². The van der Waals surface area contributed by atoms with E-state index in [4.69, 9.17) is 4.84 Å². The molecular formula is C14H21NO2. The Morgan fingerprint density at radius 1 is 1.35 bits per heavy atom. The van der Waals surface area contributed by atoms with Gasteiger partial charge in [0.05, 0.1) is 13.0 Å². The maximum absolute atomic E-state index is 11.6. The Hall–Kier alpha value is -1.35. The molecule has 0 unspecified atom stereocenters. The first-order chi connectivity index (χ1) is 7.99. The van der Waals surface area contributed by atoms with E-state index in [1.807, 2.05) is 45.9 Å². The van der Waals surface area contributed by atoms with Crippen LogP contribution in [-0.4, -0.2) is 12.5 Å². The first-order valence-electron chi connectivity index (χ1n) is 5.96. The molecule has 1 amide bonds. The molecule has 1 rings (SSSR count). The molecule has 0 saturated heterocycles. The van der Waals surface area contributed by atoms with Crippen molar-refractivity contribution in [3.8, 4) is 0 Å². The molecule has 0 atom stereocenters. The van der Waals surface area contributed by atoms with Gasteiger partial charge in [-0.15, -0.1) is 0 Å². The molecule has 17 heavy (non-hydrogen) atoms. The van der Waals surface area contributed by atoms with Gasteiger partial charge in [0.2, 0.25) is 5.91 Å². The Labute approximate surface area is 103 Å². The molecule has 3 nitrogen and oxygen atoms in total. The highest BCUT2D eigenvalue weighted by Crippen LogP contribution is 2.11. The molecule has 3 heteroatoms. The molecule has 0 aliphatic carbocycles. The predicted octanol–water partition coefficient (Wildman–Crippen LogP) is 2.55. The summed E-state index contributed by atoms with van der Waals surface area (Å²) in [5.41, 5.74) is 5.82. The molecule has 1 aromatic carbocycles.